The molecule has 1 aliphatic heterocycles. The van der Waals surface area contributed by atoms with E-state index < -0.39 is 11.3 Å². The van der Waals surface area contributed by atoms with Crippen LogP contribution in [-0.2, 0) is 14.3 Å². The topological polar surface area (TPSA) is 91.8 Å². The van der Waals surface area contributed by atoms with Crippen LogP contribution in [0, 0.1) is 5.41 Å². The Morgan fingerprint density at radius 3 is 2.41 bits per heavy atom. The van der Waals surface area contributed by atoms with E-state index in [1.165, 1.54) is 0 Å². The fourth-order valence-corrected chi connectivity index (χ4v) is 3.28. The Bertz CT molecular complexity index is 915. The normalized spacial score (nSPS) is 14.6. The molecule has 0 atom stereocenters. The standard InChI is InChI=1S/C21H26N4O4/c1-4-29-20(28)25-13-11-24(12-14-25)19(27)21(2,3)18(26)23-16-9-5-7-15-8-6-10-22-17(15)16/h5-10H,4,11-14H2,1-3H3,(H,23,26). The maximum atomic E-state index is 13.0. The second kappa shape index (κ2) is 8.46. The minimum atomic E-state index is -1.26. The van der Waals surface area contributed by atoms with Gasteiger partial charge in [0.15, 0.2) is 0 Å². The summed E-state index contributed by atoms with van der Waals surface area (Å²) in [5, 5.41) is 3.76. The largest absolute Gasteiger partial charge is 0.450 e. The van der Waals surface area contributed by atoms with Crippen molar-refractivity contribution in [3.63, 3.8) is 0 Å². The van der Waals surface area contributed by atoms with Gasteiger partial charge in [-0.15, -0.1) is 0 Å². The molecule has 1 aliphatic rings. The van der Waals surface area contributed by atoms with Crippen LogP contribution in [0.5, 0.6) is 0 Å². The molecule has 29 heavy (non-hydrogen) atoms. The van der Waals surface area contributed by atoms with E-state index in [2.05, 4.69) is 10.3 Å². The highest BCUT2D eigenvalue weighted by Crippen LogP contribution is 2.26. The van der Waals surface area contributed by atoms with E-state index in [-0.39, 0.29) is 12.0 Å². The quantitative estimate of drug-likeness (QED) is 0.799. The molecule has 3 amide bonds. The number of fused-ring (bicyclic) bond motifs is 1. The molecule has 1 fully saturated rings. The minimum absolute atomic E-state index is 0.272. The van der Waals surface area contributed by atoms with Gasteiger partial charge in [0.25, 0.3) is 0 Å². The maximum Gasteiger partial charge on any atom is 0.409 e. The van der Waals surface area contributed by atoms with Gasteiger partial charge in [-0.25, -0.2) is 4.79 Å². The number of benzene rings is 1. The highest BCUT2D eigenvalue weighted by molar-refractivity contribution is 6.12. The summed E-state index contributed by atoms with van der Waals surface area (Å²) in [4.78, 5) is 45.3. The molecule has 1 aromatic heterocycles. The maximum absolute atomic E-state index is 13.0. The third-order valence-electron chi connectivity index (χ3n) is 5.08. The third kappa shape index (κ3) is 4.31. The molecule has 3 rings (SSSR count). The number of para-hydroxylation sites is 1. The molecule has 8 heteroatoms. The van der Waals surface area contributed by atoms with Crippen LogP contribution < -0.4 is 5.32 Å². The van der Waals surface area contributed by atoms with Gasteiger partial charge >= 0.3 is 6.09 Å². The molecule has 1 aromatic carbocycles. The molecule has 8 nitrogen and oxygen atoms in total. The summed E-state index contributed by atoms with van der Waals surface area (Å²) in [6, 6.07) is 9.26. The number of hydrogen-bond acceptors (Lipinski definition) is 5. The Hall–Kier alpha value is -3.16. The third-order valence-corrected chi connectivity index (χ3v) is 5.08. The summed E-state index contributed by atoms with van der Waals surface area (Å²) in [7, 11) is 0. The summed E-state index contributed by atoms with van der Waals surface area (Å²) < 4.78 is 5.00. The first-order valence-electron chi connectivity index (χ1n) is 9.71. The number of nitrogens with zero attached hydrogens (tertiary/aromatic N) is 3. The number of nitrogens with one attached hydrogen (secondary N) is 1. The summed E-state index contributed by atoms with van der Waals surface area (Å²) in [5.74, 6) is -0.666. The van der Waals surface area contributed by atoms with Crippen LogP contribution in [0.2, 0.25) is 0 Å². The van der Waals surface area contributed by atoms with E-state index in [0.29, 0.717) is 44.0 Å². The van der Waals surface area contributed by atoms with Crippen LogP contribution in [0.4, 0.5) is 10.5 Å². The summed E-state index contributed by atoms with van der Waals surface area (Å²) >= 11 is 0. The van der Waals surface area contributed by atoms with Gasteiger partial charge in [-0.05, 0) is 32.9 Å². The lowest BCUT2D eigenvalue weighted by atomic mass is 9.89. The van der Waals surface area contributed by atoms with E-state index in [1.54, 1.807) is 42.8 Å². The summed E-state index contributed by atoms with van der Waals surface area (Å²) in [6.07, 6.45) is 1.29. The first-order chi connectivity index (χ1) is 13.8. The zero-order valence-corrected chi connectivity index (χ0v) is 17.0. The molecule has 2 heterocycles. The lowest BCUT2D eigenvalue weighted by molar-refractivity contribution is -0.147. The molecule has 0 spiro atoms. The van der Waals surface area contributed by atoms with Crippen molar-refractivity contribution in [3.8, 4) is 0 Å². The molecule has 0 unspecified atom stereocenters. The summed E-state index contributed by atoms with van der Waals surface area (Å²) in [6.45, 7) is 6.79. The first-order valence-corrected chi connectivity index (χ1v) is 9.71. The van der Waals surface area contributed by atoms with Crippen molar-refractivity contribution in [2.75, 3.05) is 38.1 Å². The zero-order chi connectivity index (χ0) is 21.0. The molecule has 0 saturated carbocycles. The molecule has 154 valence electrons. The number of pyridine rings is 1. The summed E-state index contributed by atoms with van der Waals surface area (Å²) in [5.41, 5.74) is -0.0148. The second-order valence-electron chi connectivity index (χ2n) is 7.44. The van der Waals surface area contributed by atoms with Crippen molar-refractivity contribution in [1.29, 1.82) is 0 Å². The lowest BCUT2D eigenvalue weighted by Gasteiger charge is -2.37. The SMILES string of the molecule is CCOC(=O)N1CCN(C(=O)C(C)(C)C(=O)Nc2cccc3cccnc23)CC1. The number of ether oxygens (including phenoxy) is 1. The smallest absolute Gasteiger partial charge is 0.409 e. The number of carbonyl (C=O) groups excluding carboxylic acids is 3. The van der Waals surface area contributed by atoms with Crippen molar-refractivity contribution >= 4 is 34.5 Å². The second-order valence-corrected chi connectivity index (χ2v) is 7.44. The number of piperazine rings is 1. The van der Waals surface area contributed by atoms with Crippen LogP contribution in [0.3, 0.4) is 0 Å². The number of rotatable bonds is 4. The fourth-order valence-electron chi connectivity index (χ4n) is 3.28. The lowest BCUT2D eigenvalue weighted by Crippen LogP contribution is -2.55. The van der Waals surface area contributed by atoms with Crippen LogP contribution in [0.25, 0.3) is 10.9 Å². The average molecular weight is 398 g/mol. The van der Waals surface area contributed by atoms with Crippen molar-refractivity contribution in [2.24, 2.45) is 5.41 Å². The van der Waals surface area contributed by atoms with Gasteiger partial charge in [0.05, 0.1) is 17.8 Å². The Kier molecular flexibility index (Phi) is 6.00. The van der Waals surface area contributed by atoms with E-state index >= 15 is 0 Å². The van der Waals surface area contributed by atoms with Crippen molar-refractivity contribution in [3.05, 3.63) is 36.5 Å². The van der Waals surface area contributed by atoms with E-state index in [0.717, 1.165) is 5.39 Å². The molecular formula is C21H26N4O4. The van der Waals surface area contributed by atoms with E-state index in [4.69, 9.17) is 4.74 Å². The Morgan fingerprint density at radius 2 is 1.72 bits per heavy atom. The molecule has 2 aromatic rings. The van der Waals surface area contributed by atoms with Crippen LogP contribution in [-0.4, -0.2) is 65.5 Å². The number of amides is 3. The molecular weight excluding hydrogens is 372 g/mol. The van der Waals surface area contributed by atoms with Gasteiger partial charge in [-0.1, -0.05) is 18.2 Å². The van der Waals surface area contributed by atoms with E-state index in [1.807, 2.05) is 24.3 Å². The average Bonchev–Trinajstić information content (AvgIpc) is 2.73. The molecule has 0 bridgehead atoms. The van der Waals surface area contributed by atoms with Crippen molar-refractivity contribution in [1.82, 2.24) is 14.8 Å². The predicted molar refractivity (Wildman–Crippen MR) is 109 cm³/mol. The van der Waals surface area contributed by atoms with Gasteiger partial charge < -0.3 is 19.9 Å². The number of hydrogen-bond donors (Lipinski definition) is 1. The van der Waals surface area contributed by atoms with Gasteiger partial charge in [0, 0.05) is 37.8 Å². The Balaban J connectivity index is 1.67. The predicted octanol–water partition coefficient (Wildman–Crippen LogP) is 2.50. The first kappa shape index (κ1) is 20.6. The van der Waals surface area contributed by atoms with E-state index in [9.17, 15) is 14.4 Å². The van der Waals surface area contributed by atoms with Gasteiger partial charge in [-0.3, -0.25) is 14.6 Å². The van der Waals surface area contributed by atoms with Crippen LogP contribution in [0.15, 0.2) is 36.5 Å². The highest BCUT2D eigenvalue weighted by Gasteiger charge is 2.40. The van der Waals surface area contributed by atoms with Crippen molar-refractivity contribution < 1.29 is 19.1 Å². The number of anilines is 1. The molecule has 1 N–H and O–H groups in total. The monoisotopic (exact) mass is 398 g/mol. The van der Waals surface area contributed by atoms with Crippen LogP contribution >= 0.6 is 0 Å². The Labute approximate surface area is 169 Å². The van der Waals surface area contributed by atoms with Crippen LogP contribution in [0.1, 0.15) is 20.8 Å². The van der Waals surface area contributed by atoms with Gasteiger partial charge in [0.1, 0.15) is 5.41 Å². The number of carbonyl (C=O) groups is 3. The highest BCUT2D eigenvalue weighted by atomic mass is 16.6. The minimum Gasteiger partial charge on any atom is -0.450 e. The Morgan fingerprint density at radius 1 is 1.07 bits per heavy atom. The number of aromatic nitrogens is 1. The van der Waals surface area contributed by atoms with Gasteiger partial charge in [-0.2, -0.15) is 0 Å². The molecule has 0 aliphatic carbocycles. The fraction of sp³-hybridized carbons (Fsp3) is 0.429. The zero-order valence-electron chi connectivity index (χ0n) is 17.0. The molecule has 1 saturated heterocycles. The van der Waals surface area contributed by atoms with Crippen molar-refractivity contribution in [2.45, 2.75) is 20.8 Å². The molecule has 0 radical (unpaired) electrons. The van der Waals surface area contributed by atoms with Gasteiger partial charge in [0.2, 0.25) is 11.8 Å².